The lowest BCUT2D eigenvalue weighted by atomic mass is 9.97. The van der Waals surface area contributed by atoms with Gasteiger partial charge in [-0.3, -0.25) is 9.59 Å². The van der Waals surface area contributed by atoms with E-state index in [4.69, 9.17) is 0 Å². The molecule has 0 aromatic heterocycles. The molecule has 0 aliphatic carbocycles. The van der Waals surface area contributed by atoms with Gasteiger partial charge in [0.05, 0.1) is 6.54 Å². The molecule has 1 saturated heterocycles. The van der Waals surface area contributed by atoms with Crippen molar-refractivity contribution in [3.63, 3.8) is 0 Å². The first-order valence-electron chi connectivity index (χ1n) is 6.11. The fourth-order valence-electron chi connectivity index (χ4n) is 2.34. The lowest BCUT2D eigenvalue weighted by Crippen LogP contribution is -2.61. The minimum atomic E-state index is -0.325. The van der Waals surface area contributed by atoms with E-state index in [1.165, 1.54) is 0 Å². The summed E-state index contributed by atoms with van der Waals surface area (Å²) in [7, 11) is 0. The van der Waals surface area contributed by atoms with Crippen molar-refractivity contribution in [1.29, 1.82) is 0 Å². The van der Waals surface area contributed by atoms with Gasteiger partial charge in [0.25, 0.3) is 0 Å². The highest BCUT2D eigenvalue weighted by molar-refractivity contribution is 5.94. The van der Waals surface area contributed by atoms with Gasteiger partial charge < -0.3 is 10.2 Å². The van der Waals surface area contributed by atoms with Crippen LogP contribution in [0.15, 0.2) is 0 Å². The average molecular weight is 226 g/mol. The Morgan fingerprint density at radius 3 is 2.44 bits per heavy atom. The van der Waals surface area contributed by atoms with Crippen molar-refractivity contribution < 1.29 is 9.59 Å². The number of carbonyl (C=O) groups excluding carboxylic acids is 2. The van der Waals surface area contributed by atoms with E-state index >= 15 is 0 Å². The van der Waals surface area contributed by atoms with Gasteiger partial charge in [-0.05, 0) is 18.8 Å². The summed E-state index contributed by atoms with van der Waals surface area (Å²) >= 11 is 0. The maximum atomic E-state index is 12.1. The van der Waals surface area contributed by atoms with Crippen LogP contribution in [0.2, 0.25) is 0 Å². The summed E-state index contributed by atoms with van der Waals surface area (Å²) in [5, 5.41) is 2.73. The number of piperazine rings is 1. The third-order valence-electron chi connectivity index (χ3n) is 3.23. The third-order valence-corrected chi connectivity index (χ3v) is 3.23. The summed E-state index contributed by atoms with van der Waals surface area (Å²) in [6.07, 6.45) is 1.56. The highest BCUT2D eigenvalue weighted by Crippen LogP contribution is 2.18. The van der Waals surface area contributed by atoms with Crippen LogP contribution in [0.5, 0.6) is 0 Å². The van der Waals surface area contributed by atoms with Gasteiger partial charge in [-0.2, -0.15) is 0 Å². The maximum absolute atomic E-state index is 12.1. The Morgan fingerprint density at radius 1 is 1.38 bits per heavy atom. The molecule has 0 saturated carbocycles. The van der Waals surface area contributed by atoms with Crippen LogP contribution in [-0.4, -0.2) is 35.3 Å². The first-order valence-corrected chi connectivity index (χ1v) is 6.11. The van der Waals surface area contributed by atoms with E-state index in [1.807, 2.05) is 6.92 Å². The summed E-state index contributed by atoms with van der Waals surface area (Å²) in [6, 6.07) is -0.151. The lowest BCUT2D eigenvalue weighted by Gasteiger charge is -2.39. The topological polar surface area (TPSA) is 49.4 Å². The Kier molecular flexibility index (Phi) is 4.33. The van der Waals surface area contributed by atoms with Gasteiger partial charge in [-0.25, -0.2) is 0 Å². The van der Waals surface area contributed by atoms with Gasteiger partial charge >= 0.3 is 0 Å². The molecule has 1 N–H and O–H groups in total. The largest absolute Gasteiger partial charge is 0.343 e. The first kappa shape index (κ1) is 13.0. The summed E-state index contributed by atoms with van der Waals surface area (Å²) in [5.74, 6) is 0.422. The summed E-state index contributed by atoms with van der Waals surface area (Å²) < 4.78 is 0. The van der Waals surface area contributed by atoms with Gasteiger partial charge in [0.1, 0.15) is 6.04 Å². The molecule has 1 heterocycles. The van der Waals surface area contributed by atoms with Crippen LogP contribution in [0.4, 0.5) is 0 Å². The van der Waals surface area contributed by atoms with Crippen molar-refractivity contribution in [3.05, 3.63) is 0 Å². The fourth-order valence-corrected chi connectivity index (χ4v) is 2.34. The zero-order chi connectivity index (χ0) is 12.3. The number of carbonyl (C=O) groups is 2. The summed E-state index contributed by atoms with van der Waals surface area (Å²) in [4.78, 5) is 25.4. The van der Waals surface area contributed by atoms with Crippen molar-refractivity contribution in [2.24, 2.45) is 5.92 Å². The Balaban J connectivity index is 2.84. The molecule has 1 aliphatic heterocycles. The minimum Gasteiger partial charge on any atom is -0.343 e. The van der Waals surface area contributed by atoms with Crippen LogP contribution < -0.4 is 5.32 Å². The van der Waals surface area contributed by atoms with Crippen molar-refractivity contribution >= 4 is 11.8 Å². The van der Waals surface area contributed by atoms with E-state index in [0.29, 0.717) is 12.3 Å². The van der Waals surface area contributed by atoms with Gasteiger partial charge in [0.2, 0.25) is 11.8 Å². The molecule has 1 rings (SSSR count). The van der Waals surface area contributed by atoms with Crippen LogP contribution >= 0.6 is 0 Å². The second-order valence-electron chi connectivity index (χ2n) is 4.71. The van der Waals surface area contributed by atoms with Crippen LogP contribution in [0.3, 0.4) is 0 Å². The average Bonchev–Trinajstić information content (AvgIpc) is 2.23. The zero-order valence-corrected chi connectivity index (χ0v) is 10.6. The quantitative estimate of drug-likeness (QED) is 0.782. The second-order valence-corrected chi connectivity index (χ2v) is 4.71. The van der Waals surface area contributed by atoms with E-state index in [-0.39, 0.29) is 30.4 Å². The monoisotopic (exact) mass is 226 g/mol. The second kappa shape index (κ2) is 5.32. The minimum absolute atomic E-state index is 0.0365. The van der Waals surface area contributed by atoms with Crippen molar-refractivity contribution in [2.45, 2.75) is 52.6 Å². The van der Waals surface area contributed by atoms with E-state index in [0.717, 1.165) is 6.42 Å². The van der Waals surface area contributed by atoms with Crippen molar-refractivity contribution in [2.75, 3.05) is 6.54 Å². The number of hydrogen-bond acceptors (Lipinski definition) is 2. The van der Waals surface area contributed by atoms with Gasteiger partial charge in [-0.1, -0.05) is 27.7 Å². The molecule has 1 aliphatic rings. The molecule has 1 fully saturated rings. The van der Waals surface area contributed by atoms with Gasteiger partial charge in [0, 0.05) is 6.04 Å². The summed E-state index contributed by atoms with van der Waals surface area (Å²) in [5.41, 5.74) is 0. The van der Waals surface area contributed by atoms with Gasteiger partial charge in [0.15, 0.2) is 0 Å². The van der Waals surface area contributed by atoms with Crippen LogP contribution in [-0.2, 0) is 9.59 Å². The molecule has 92 valence electrons. The molecule has 0 radical (unpaired) electrons. The van der Waals surface area contributed by atoms with Crippen molar-refractivity contribution in [1.82, 2.24) is 10.2 Å². The Hall–Kier alpha value is -1.06. The molecule has 2 unspecified atom stereocenters. The number of nitrogens with zero attached hydrogens (tertiary/aromatic N) is 1. The van der Waals surface area contributed by atoms with Crippen LogP contribution in [0.1, 0.15) is 40.5 Å². The number of nitrogens with one attached hydrogen (secondary N) is 1. The summed E-state index contributed by atoms with van der Waals surface area (Å²) in [6.45, 7) is 8.38. The molecule has 16 heavy (non-hydrogen) atoms. The third kappa shape index (κ3) is 2.54. The molecule has 2 atom stereocenters. The van der Waals surface area contributed by atoms with Crippen LogP contribution in [0, 0.1) is 5.92 Å². The molecule has 0 aromatic rings. The van der Waals surface area contributed by atoms with Gasteiger partial charge in [-0.15, -0.1) is 0 Å². The number of rotatable bonds is 4. The molecule has 0 spiro atoms. The highest BCUT2D eigenvalue weighted by Gasteiger charge is 2.35. The number of amides is 2. The SMILES string of the molecule is CCC1NC(=O)CN(C(CC)C(C)C)C1=O. The van der Waals surface area contributed by atoms with E-state index in [2.05, 4.69) is 26.1 Å². The normalized spacial score (nSPS) is 23.6. The number of hydrogen-bond donors (Lipinski definition) is 1. The highest BCUT2D eigenvalue weighted by atomic mass is 16.2. The predicted molar refractivity (Wildman–Crippen MR) is 62.9 cm³/mol. The molecule has 0 aromatic carbocycles. The predicted octanol–water partition coefficient (Wildman–Crippen LogP) is 1.16. The molecule has 4 heteroatoms. The Morgan fingerprint density at radius 2 is 2.00 bits per heavy atom. The van der Waals surface area contributed by atoms with E-state index < -0.39 is 0 Å². The molecule has 2 amide bonds. The Labute approximate surface area is 97.4 Å². The molecular formula is C12H22N2O2. The van der Waals surface area contributed by atoms with E-state index in [1.54, 1.807) is 4.90 Å². The smallest absolute Gasteiger partial charge is 0.245 e. The first-order chi connectivity index (χ1) is 7.51. The lowest BCUT2D eigenvalue weighted by molar-refractivity contribution is -0.147. The Bertz CT molecular complexity index is 276. The molecular weight excluding hydrogens is 204 g/mol. The van der Waals surface area contributed by atoms with Crippen molar-refractivity contribution in [3.8, 4) is 0 Å². The fraction of sp³-hybridized carbons (Fsp3) is 0.833. The van der Waals surface area contributed by atoms with Crippen LogP contribution in [0.25, 0.3) is 0 Å². The standard InChI is InChI=1S/C12H22N2O2/c1-5-9-12(16)14(7-11(15)13-9)10(6-2)8(3)4/h8-10H,5-7H2,1-4H3,(H,13,15). The molecule has 0 bridgehead atoms. The van der Waals surface area contributed by atoms with E-state index in [9.17, 15) is 9.59 Å². The zero-order valence-electron chi connectivity index (χ0n) is 10.6. The maximum Gasteiger partial charge on any atom is 0.245 e. The molecule has 4 nitrogen and oxygen atoms in total.